The predicted molar refractivity (Wildman–Crippen MR) is 62.6 cm³/mol. The summed E-state index contributed by atoms with van der Waals surface area (Å²) in [5.74, 6) is -7.71. The smallest absolute Gasteiger partial charge is 0.188 e. The molecule has 0 aliphatic heterocycles. The van der Waals surface area contributed by atoms with Gasteiger partial charge in [-0.2, -0.15) is 0 Å². The number of alkyl halides is 4. The van der Waals surface area contributed by atoms with E-state index in [2.05, 4.69) is 0 Å². The maximum atomic E-state index is 10.3. The highest BCUT2D eigenvalue weighted by atomic mass is 35.5. The number of halogens is 4. The van der Waals surface area contributed by atoms with Crippen LogP contribution >= 0.6 is 46.4 Å². The van der Waals surface area contributed by atoms with E-state index in [0.717, 1.165) is 0 Å². The maximum absolute atomic E-state index is 10.3. The van der Waals surface area contributed by atoms with Gasteiger partial charge in [0.1, 0.15) is 9.75 Å². The molecule has 0 heterocycles. The third-order valence-electron chi connectivity index (χ3n) is 6.41. The molecular formula is C10H8Cl4O4. The Hall–Kier alpha value is 1.000. The van der Waals surface area contributed by atoms with Gasteiger partial charge in [0, 0.05) is 23.7 Å². The Morgan fingerprint density at radius 3 is 1.11 bits per heavy atom. The van der Waals surface area contributed by atoms with Gasteiger partial charge in [0.25, 0.3) is 0 Å². The van der Waals surface area contributed by atoms with E-state index in [1.807, 2.05) is 0 Å². The fourth-order valence-electron chi connectivity index (χ4n) is 6.13. The molecule has 0 saturated heterocycles. The first-order valence-corrected chi connectivity index (χ1v) is 7.14. The quantitative estimate of drug-likeness (QED) is 0.365. The number of rotatable bonds is 0. The molecule has 0 aromatic carbocycles. The van der Waals surface area contributed by atoms with Gasteiger partial charge >= 0.3 is 0 Å². The summed E-state index contributed by atoms with van der Waals surface area (Å²) in [7, 11) is 0. The predicted octanol–water partition coefficient (Wildman–Crippen LogP) is -0.209. The zero-order valence-corrected chi connectivity index (χ0v) is 11.6. The second kappa shape index (κ2) is 2.17. The zero-order valence-electron chi connectivity index (χ0n) is 8.61. The molecule has 6 saturated carbocycles. The molecule has 0 spiro atoms. The highest BCUT2D eigenvalue weighted by molar-refractivity contribution is 6.53. The third kappa shape index (κ3) is 0.493. The Labute approximate surface area is 121 Å². The normalized spacial score (nSPS) is 78.7. The van der Waals surface area contributed by atoms with Crippen LogP contribution in [0.2, 0.25) is 0 Å². The number of hydrogen-bond donors (Lipinski definition) is 4. The van der Waals surface area contributed by atoms with Gasteiger partial charge < -0.3 is 20.4 Å². The summed E-state index contributed by atoms with van der Waals surface area (Å²) in [4.78, 5) is -5.72. The molecule has 0 unspecified atom stereocenters. The first-order chi connectivity index (χ1) is 7.98. The van der Waals surface area contributed by atoms with E-state index in [1.165, 1.54) is 0 Å². The Kier molecular flexibility index (Phi) is 1.40. The molecule has 6 aliphatic carbocycles. The van der Waals surface area contributed by atoms with Crippen molar-refractivity contribution in [2.45, 2.75) is 31.1 Å². The van der Waals surface area contributed by atoms with Gasteiger partial charge in [-0.1, -0.05) is 0 Å². The van der Waals surface area contributed by atoms with Crippen LogP contribution in [0.25, 0.3) is 0 Å². The molecule has 0 aromatic rings. The summed E-state index contributed by atoms with van der Waals surface area (Å²) in [6.07, 6.45) is 0. The minimum atomic E-state index is -2.28. The van der Waals surface area contributed by atoms with E-state index < -0.39 is 54.7 Å². The van der Waals surface area contributed by atoms with Crippen molar-refractivity contribution in [2.75, 3.05) is 0 Å². The SMILES string of the molecule is OC1(O)[C@H]2[C@H]3[C@@H]4[C@]5(Cl)[C@](Cl)([C@@H]2[C@@]5(Cl)C3(O)O)[C@@]41Cl. The molecule has 0 aromatic heterocycles. The molecule has 18 heavy (non-hydrogen) atoms. The van der Waals surface area contributed by atoms with Crippen LogP contribution in [-0.2, 0) is 0 Å². The van der Waals surface area contributed by atoms with E-state index in [-0.39, 0.29) is 0 Å². The standard InChI is InChI=1S/C10H8Cl4O4/c11-5-3-1-2-4(8(5,14)9(1,15)16)6(5,12)7(3,13)10(2,17)18/h1-4,15-18H/t1-,2-,3+,4+,5-,6+,7-,8-/m0/s1. The van der Waals surface area contributed by atoms with Gasteiger partial charge in [0.15, 0.2) is 11.6 Å². The van der Waals surface area contributed by atoms with Gasteiger partial charge in [-0.3, -0.25) is 0 Å². The molecule has 0 radical (unpaired) electrons. The van der Waals surface area contributed by atoms with Crippen molar-refractivity contribution in [1.29, 1.82) is 0 Å². The van der Waals surface area contributed by atoms with Gasteiger partial charge in [-0.05, 0) is 0 Å². The van der Waals surface area contributed by atoms with Crippen LogP contribution in [0.4, 0.5) is 0 Å². The highest BCUT2D eigenvalue weighted by Crippen LogP contribution is 3.02. The maximum Gasteiger partial charge on any atom is 0.188 e. The molecule has 4 bridgehead atoms. The average Bonchev–Trinajstić information content (AvgIpc) is 2.61. The monoisotopic (exact) mass is 332 g/mol. The van der Waals surface area contributed by atoms with Gasteiger partial charge in [0.05, 0.1) is 9.75 Å². The van der Waals surface area contributed by atoms with Crippen molar-refractivity contribution in [3.05, 3.63) is 0 Å². The summed E-state index contributed by atoms with van der Waals surface area (Å²) in [5, 5.41) is 41.1. The zero-order chi connectivity index (χ0) is 13.3. The lowest BCUT2D eigenvalue weighted by atomic mass is 9.38. The van der Waals surface area contributed by atoms with Gasteiger partial charge in [0.2, 0.25) is 0 Å². The molecule has 0 amide bonds. The Balaban J connectivity index is 1.92. The van der Waals surface area contributed by atoms with E-state index in [1.54, 1.807) is 0 Å². The fourth-order valence-corrected chi connectivity index (χ4v) is 9.37. The summed E-state index contributed by atoms with van der Waals surface area (Å²) in [6.45, 7) is 0. The van der Waals surface area contributed by atoms with E-state index >= 15 is 0 Å². The second-order valence-electron chi connectivity index (χ2n) is 6.31. The summed E-state index contributed by atoms with van der Waals surface area (Å²) in [6, 6.07) is 0. The molecule has 4 nitrogen and oxygen atoms in total. The van der Waals surface area contributed by atoms with Crippen LogP contribution < -0.4 is 0 Å². The summed E-state index contributed by atoms with van der Waals surface area (Å²) >= 11 is 25.6. The van der Waals surface area contributed by atoms with Crippen LogP contribution in [0, 0.1) is 23.7 Å². The van der Waals surface area contributed by atoms with Crippen LogP contribution in [0.1, 0.15) is 0 Å². The number of hydrogen-bond acceptors (Lipinski definition) is 4. The van der Waals surface area contributed by atoms with E-state index in [9.17, 15) is 20.4 Å². The molecule has 8 heteroatoms. The fraction of sp³-hybridized carbons (Fsp3) is 1.00. The van der Waals surface area contributed by atoms with Crippen molar-refractivity contribution in [3.63, 3.8) is 0 Å². The van der Waals surface area contributed by atoms with Crippen LogP contribution in [-0.4, -0.2) is 51.5 Å². The van der Waals surface area contributed by atoms with Crippen molar-refractivity contribution in [3.8, 4) is 0 Å². The van der Waals surface area contributed by atoms with Crippen molar-refractivity contribution in [2.24, 2.45) is 23.7 Å². The molecule has 6 aliphatic rings. The van der Waals surface area contributed by atoms with Crippen LogP contribution in [0.3, 0.4) is 0 Å². The minimum Gasteiger partial charge on any atom is -0.364 e. The molecular weight excluding hydrogens is 326 g/mol. The minimum absolute atomic E-state index is 0.719. The lowest BCUT2D eigenvalue weighted by Gasteiger charge is -2.78. The first kappa shape index (κ1) is 11.6. The van der Waals surface area contributed by atoms with Crippen molar-refractivity contribution >= 4 is 46.4 Å². The second-order valence-corrected chi connectivity index (χ2v) is 8.69. The lowest BCUT2D eigenvalue weighted by Crippen LogP contribution is -2.95. The van der Waals surface area contributed by atoms with E-state index in [0.29, 0.717) is 0 Å². The third-order valence-corrected chi connectivity index (χ3v) is 9.98. The molecule has 6 fully saturated rings. The van der Waals surface area contributed by atoms with Crippen LogP contribution in [0.5, 0.6) is 0 Å². The first-order valence-electron chi connectivity index (χ1n) is 5.63. The summed E-state index contributed by atoms with van der Waals surface area (Å²) in [5.41, 5.74) is 0. The molecule has 8 atom stereocenters. The Morgan fingerprint density at radius 1 is 0.556 bits per heavy atom. The highest BCUT2D eigenvalue weighted by Gasteiger charge is 3.17. The van der Waals surface area contributed by atoms with Gasteiger partial charge in [-0.15, -0.1) is 46.4 Å². The molecule has 6 rings (SSSR count). The number of aliphatic hydroxyl groups is 4. The largest absolute Gasteiger partial charge is 0.364 e. The lowest BCUT2D eigenvalue weighted by molar-refractivity contribution is -0.230. The summed E-state index contributed by atoms with van der Waals surface area (Å²) < 4.78 is 0. The molecule has 100 valence electrons. The van der Waals surface area contributed by atoms with Gasteiger partial charge in [-0.25, -0.2) is 0 Å². The Morgan fingerprint density at radius 2 is 0.833 bits per heavy atom. The van der Waals surface area contributed by atoms with Crippen molar-refractivity contribution in [1.82, 2.24) is 0 Å². The molecule has 4 N–H and O–H groups in total. The van der Waals surface area contributed by atoms with E-state index in [4.69, 9.17) is 46.4 Å². The topological polar surface area (TPSA) is 80.9 Å². The average molecular weight is 334 g/mol. The van der Waals surface area contributed by atoms with Crippen molar-refractivity contribution < 1.29 is 20.4 Å². The Bertz CT molecular complexity index is 506. The van der Waals surface area contributed by atoms with Crippen LogP contribution in [0.15, 0.2) is 0 Å².